The zero-order valence-corrected chi connectivity index (χ0v) is 12.5. The Morgan fingerprint density at radius 2 is 1.81 bits per heavy atom. The van der Waals surface area contributed by atoms with Crippen LogP contribution in [0.3, 0.4) is 0 Å². The summed E-state index contributed by atoms with van der Waals surface area (Å²) in [6.45, 7) is 0. The monoisotopic (exact) mass is 342 g/mol. The maximum absolute atomic E-state index is 12.3. The molecule has 5 nitrogen and oxygen atoms in total. The molecule has 0 aliphatic rings. The van der Waals surface area contributed by atoms with Gasteiger partial charge in [0.25, 0.3) is 5.91 Å². The van der Waals surface area contributed by atoms with E-state index in [0.717, 1.165) is 10.8 Å². The van der Waals surface area contributed by atoms with E-state index in [-0.39, 0.29) is 5.91 Å². The molecule has 0 spiro atoms. The van der Waals surface area contributed by atoms with Crippen LogP contribution in [0.15, 0.2) is 53.4 Å². The number of carbonyl (C=O) groups excluding carboxylic acids is 1. The second-order valence-electron chi connectivity index (χ2n) is 4.47. The van der Waals surface area contributed by atoms with Crippen LogP contribution >= 0.6 is 15.9 Å². The van der Waals surface area contributed by atoms with Crippen LogP contribution in [0.25, 0.3) is 10.8 Å². The van der Waals surface area contributed by atoms with Crippen molar-refractivity contribution in [2.24, 2.45) is 0 Å². The number of nitrogens with zero attached hydrogens (tertiary/aromatic N) is 2. The predicted molar refractivity (Wildman–Crippen MR) is 86.0 cm³/mol. The number of nitrogens with one attached hydrogen (secondary N) is 1. The lowest BCUT2D eigenvalue weighted by Gasteiger charge is -2.08. The molecule has 21 heavy (non-hydrogen) atoms. The van der Waals surface area contributed by atoms with Gasteiger partial charge >= 0.3 is 0 Å². The maximum Gasteiger partial charge on any atom is 0.258 e. The number of nitrogens with two attached hydrogens (primary N) is 1. The van der Waals surface area contributed by atoms with Gasteiger partial charge in [-0.1, -0.05) is 24.3 Å². The fourth-order valence-electron chi connectivity index (χ4n) is 2.02. The largest absolute Gasteiger partial charge is 0.398 e. The minimum atomic E-state index is -0.310. The van der Waals surface area contributed by atoms with Crippen molar-refractivity contribution < 1.29 is 4.79 Å². The van der Waals surface area contributed by atoms with Crippen LogP contribution in [0.5, 0.6) is 0 Å². The standard InChI is InChI=1S/C15H11BrN4O/c16-13-7-19-14(8-18-13)20-15(21)11-5-9-3-1-2-4-10(9)6-12(11)17/h1-8H,17H2,(H,19,20,21). The maximum atomic E-state index is 12.3. The Bertz CT molecular complexity index is 818. The van der Waals surface area contributed by atoms with E-state index in [1.807, 2.05) is 24.3 Å². The zero-order valence-electron chi connectivity index (χ0n) is 10.9. The number of hydrogen-bond acceptors (Lipinski definition) is 4. The second-order valence-corrected chi connectivity index (χ2v) is 5.28. The lowest BCUT2D eigenvalue weighted by molar-refractivity contribution is 0.102. The van der Waals surface area contributed by atoms with Crippen LogP contribution in [0, 0.1) is 0 Å². The van der Waals surface area contributed by atoms with E-state index >= 15 is 0 Å². The lowest BCUT2D eigenvalue weighted by atomic mass is 10.0. The SMILES string of the molecule is Nc1cc2ccccc2cc1C(=O)Nc1cnc(Br)cn1. The molecule has 0 aliphatic carbocycles. The first-order valence-electron chi connectivity index (χ1n) is 6.20. The van der Waals surface area contributed by atoms with Crippen LogP contribution in [-0.4, -0.2) is 15.9 Å². The van der Waals surface area contributed by atoms with Crippen molar-refractivity contribution in [3.05, 3.63) is 59.0 Å². The van der Waals surface area contributed by atoms with Crippen LogP contribution in [-0.2, 0) is 0 Å². The van der Waals surface area contributed by atoms with Gasteiger partial charge in [-0.25, -0.2) is 9.97 Å². The van der Waals surface area contributed by atoms with Crippen LogP contribution in [0.4, 0.5) is 11.5 Å². The van der Waals surface area contributed by atoms with Gasteiger partial charge in [0.1, 0.15) is 4.60 Å². The van der Waals surface area contributed by atoms with Gasteiger partial charge in [-0.3, -0.25) is 4.79 Å². The molecular formula is C15H11BrN4O. The summed E-state index contributed by atoms with van der Waals surface area (Å²) >= 11 is 3.19. The quantitative estimate of drug-likeness (QED) is 0.700. The summed E-state index contributed by atoms with van der Waals surface area (Å²) in [6.07, 6.45) is 2.98. The molecule has 3 rings (SSSR count). The fraction of sp³-hybridized carbons (Fsp3) is 0. The van der Waals surface area contributed by atoms with Gasteiger partial charge in [-0.2, -0.15) is 0 Å². The first-order valence-corrected chi connectivity index (χ1v) is 7.00. The van der Waals surface area contributed by atoms with E-state index in [2.05, 4.69) is 31.2 Å². The van der Waals surface area contributed by atoms with Gasteiger partial charge in [-0.15, -0.1) is 0 Å². The molecular weight excluding hydrogens is 332 g/mol. The van der Waals surface area contributed by atoms with Gasteiger partial charge in [-0.05, 0) is 38.8 Å². The van der Waals surface area contributed by atoms with Crippen molar-refractivity contribution in [2.45, 2.75) is 0 Å². The van der Waals surface area contributed by atoms with E-state index in [1.54, 1.807) is 12.1 Å². The Hall–Kier alpha value is -2.47. The summed E-state index contributed by atoms with van der Waals surface area (Å²) in [5, 5.41) is 4.63. The molecule has 104 valence electrons. The third kappa shape index (κ3) is 2.85. The number of rotatable bonds is 2. The molecule has 2 aromatic carbocycles. The van der Waals surface area contributed by atoms with Crippen molar-refractivity contribution in [3.63, 3.8) is 0 Å². The summed E-state index contributed by atoms with van der Waals surface area (Å²) in [5.74, 6) is 0.0608. The van der Waals surface area contributed by atoms with E-state index < -0.39 is 0 Å². The molecule has 1 aromatic heterocycles. The molecule has 1 amide bonds. The minimum Gasteiger partial charge on any atom is -0.398 e. The fourth-order valence-corrected chi connectivity index (χ4v) is 2.22. The Morgan fingerprint density at radius 3 is 2.48 bits per heavy atom. The number of amides is 1. The smallest absolute Gasteiger partial charge is 0.258 e. The average molecular weight is 343 g/mol. The summed E-state index contributed by atoms with van der Waals surface area (Å²) in [6, 6.07) is 11.3. The first kappa shape index (κ1) is 13.5. The van der Waals surface area contributed by atoms with Crippen LogP contribution < -0.4 is 11.1 Å². The lowest BCUT2D eigenvalue weighted by Crippen LogP contribution is -2.15. The molecule has 3 aromatic rings. The molecule has 1 heterocycles. The molecule has 0 saturated heterocycles. The number of carbonyl (C=O) groups is 1. The van der Waals surface area contributed by atoms with Crippen molar-refractivity contribution in [3.8, 4) is 0 Å². The van der Waals surface area contributed by atoms with Crippen LogP contribution in [0.2, 0.25) is 0 Å². The molecule has 0 saturated carbocycles. The predicted octanol–water partition coefficient (Wildman–Crippen LogP) is 3.23. The Balaban J connectivity index is 1.93. The van der Waals surface area contributed by atoms with Gasteiger partial charge in [0.2, 0.25) is 0 Å². The third-order valence-electron chi connectivity index (χ3n) is 3.02. The van der Waals surface area contributed by atoms with Gasteiger partial charge in [0.15, 0.2) is 5.82 Å². The number of nitrogen functional groups attached to an aromatic ring is 1. The van der Waals surface area contributed by atoms with Crippen molar-refractivity contribution in [2.75, 3.05) is 11.1 Å². The van der Waals surface area contributed by atoms with Gasteiger partial charge in [0, 0.05) is 5.69 Å². The Morgan fingerprint density at radius 1 is 1.10 bits per heavy atom. The second kappa shape index (κ2) is 5.49. The van der Waals surface area contributed by atoms with Crippen molar-refractivity contribution in [1.29, 1.82) is 0 Å². The molecule has 0 radical (unpaired) electrons. The van der Waals surface area contributed by atoms with Crippen molar-refractivity contribution >= 4 is 44.1 Å². The third-order valence-corrected chi connectivity index (χ3v) is 3.43. The summed E-state index contributed by atoms with van der Waals surface area (Å²) in [5.41, 5.74) is 6.80. The number of anilines is 2. The summed E-state index contributed by atoms with van der Waals surface area (Å²) in [4.78, 5) is 20.4. The first-order chi connectivity index (χ1) is 10.1. The molecule has 0 bridgehead atoms. The number of benzene rings is 2. The van der Waals surface area contributed by atoms with Crippen molar-refractivity contribution in [1.82, 2.24) is 9.97 Å². The highest BCUT2D eigenvalue weighted by Crippen LogP contribution is 2.22. The van der Waals surface area contributed by atoms with E-state index in [9.17, 15) is 4.79 Å². The molecule has 3 N–H and O–H groups in total. The van der Waals surface area contributed by atoms with E-state index in [4.69, 9.17) is 5.73 Å². The molecule has 6 heteroatoms. The molecule has 0 unspecified atom stereocenters. The topological polar surface area (TPSA) is 80.9 Å². The van der Waals surface area contributed by atoms with E-state index in [1.165, 1.54) is 12.4 Å². The van der Waals surface area contributed by atoms with Crippen LogP contribution in [0.1, 0.15) is 10.4 Å². The summed E-state index contributed by atoms with van der Waals surface area (Å²) in [7, 11) is 0. The van der Waals surface area contributed by atoms with E-state index in [0.29, 0.717) is 21.7 Å². The number of aromatic nitrogens is 2. The average Bonchev–Trinajstić information content (AvgIpc) is 2.49. The van der Waals surface area contributed by atoms with Gasteiger partial charge in [0.05, 0.1) is 18.0 Å². The number of halogens is 1. The molecule has 0 fully saturated rings. The minimum absolute atomic E-state index is 0.310. The highest BCUT2D eigenvalue weighted by Gasteiger charge is 2.12. The summed E-state index contributed by atoms with van der Waals surface area (Å²) < 4.78 is 0.603. The number of fused-ring (bicyclic) bond motifs is 1. The van der Waals surface area contributed by atoms with Gasteiger partial charge < -0.3 is 11.1 Å². The highest BCUT2D eigenvalue weighted by atomic mass is 79.9. The Labute approximate surface area is 129 Å². The molecule has 0 atom stereocenters. The Kier molecular flexibility index (Phi) is 3.53. The highest BCUT2D eigenvalue weighted by molar-refractivity contribution is 9.10. The zero-order chi connectivity index (χ0) is 14.8. The molecule has 0 aliphatic heterocycles. The normalized spacial score (nSPS) is 10.5. The number of hydrogen-bond donors (Lipinski definition) is 2.